The molecule has 0 aliphatic heterocycles. The summed E-state index contributed by atoms with van der Waals surface area (Å²) in [5.41, 5.74) is 0.307. The molecule has 1 N–H and O–H groups in total. The molecule has 0 heterocycles. The van der Waals surface area contributed by atoms with Crippen LogP contribution in [0.4, 0.5) is 13.2 Å². The Morgan fingerprint density at radius 1 is 1.30 bits per heavy atom. The molecule has 5 heteroatoms. The minimum atomic E-state index is -4.05. The molecule has 1 fully saturated rings. The maximum atomic E-state index is 12.3. The molecule has 1 aliphatic rings. The van der Waals surface area contributed by atoms with E-state index in [1.807, 2.05) is 4.90 Å². The van der Waals surface area contributed by atoms with E-state index in [4.69, 9.17) is 0 Å². The van der Waals surface area contributed by atoms with Crippen LogP contribution < -0.4 is 5.32 Å². The molecule has 0 spiro atoms. The van der Waals surface area contributed by atoms with Gasteiger partial charge in [0.05, 0.1) is 6.42 Å². The lowest BCUT2D eigenvalue weighted by Gasteiger charge is -2.42. The third-order valence-electron chi connectivity index (χ3n) is 4.31. The molecule has 1 aliphatic carbocycles. The van der Waals surface area contributed by atoms with Crippen LogP contribution in [0.2, 0.25) is 0 Å². The first kappa shape index (κ1) is 17.8. The molecule has 1 rings (SSSR count). The second-order valence-corrected chi connectivity index (χ2v) is 6.96. The first-order valence-corrected chi connectivity index (χ1v) is 7.61. The molecule has 20 heavy (non-hydrogen) atoms. The smallest absolute Gasteiger partial charge is 0.314 e. The Hall–Kier alpha value is -0.290. The van der Waals surface area contributed by atoms with E-state index in [0.29, 0.717) is 17.4 Å². The second kappa shape index (κ2) is 7.12. The Labute approximate surface area is 121 Å². The van der Waals surface area contributed by atoms with Gasteiger partial charge >= 0.3 is 6.18 Å². The first-order valence-electron chi connectivity index (χ1n) is 7.61. The highest BCUT2D eigenvalue weighted by atomic mass is 19.4. The van der Waals surface area contributed by atoms with Gasteiger partial charge in [0, 0.05) is 19.1 Å². The topological polar surface area (TPSA) is 15.3 Å². The lowest BCUT2D eigenvalue weighted by atomic mass is 9.69. The molecule has 2 unspecified atom stereocenters. The summed E-state index contributed by atoms with van der Waals surface area (Å²) in [6.45, 7) is 8.38. The van der Waals surface area contributed by atoms with Crippen LogP contribution in [-0.4, -0.2) is 43.8 Å². The van der Waals surface area contributed by atoms with Gasteiger partial charge in [-0.1, -0.05) is 20.8 Å². The van der Waals surface area contributed by atoms with Gasteiger partial charge in [-0.3, -0.25) is 0 Å². The normalized spacial score (nSPS) is 27.0. The van der Waals surface area contributed by atoms with Gasteiger partial charge in [-0.2, -0.15) is 13.2 Å². The van der Waals surface area contributed by atoms with Crippen molar-refractivity contribution in [2.24, 2.45) is 11.3 Å². The summed E-state index contributed by atoms with van der Waals surface area (Å²) in [4.78, 5) is 1.84. The van der Waals surface area contributed by atoms with E-state index in [1.54, 1.807) is 7.05 Å². The first-order chi connectivity index (χ1) is 9.13. The predicted molar refractivity (Wildman–Crippen MR) is 76.8 cm³/mol. The summed E-state index contributed by atoms with van der Waals surface area (Å²) >= 11 is 0. The van der Waals surface area contributed by atoms with E-state index in [1.165, 1.54) is 6.42 Å². The van der Waals surface area contributed by atoms with Crippen molar-refractivity contribution in [2.75, 3.05) is 26.7 Å². The van der Waals surface area contributed by atoms with E-state index in [9.17, 15) is 13.2 Å². The van der Waals surface area contributed by atoms with E-state index in [0.717, 1.165) is 25.9 Å². The van der Waals surface area contributed by atoms with Crippen LogP contribution in [0.5, 0.6) is 0 Å². The van der Waals surface area contributed by atoms with Crippen LogP contribution in [0, 0.1) is 11.3 Å². The van der Waals surface area contributed by atoms with Crippen LogP contribution >= 0.6 is 0 Å². The van der Waals surface area contributed by atoms with Crippen molar-refractivity contribution in [1.82, 2.24) is 10.2 Å². The molecule has 120 valence electrons. The number of nitrogens with one attached hydrogen (secondary N) is 1. The van der Waals surface area contributed by atoms with Gasteiger partial charge in [0.25, 0.3) is 0 Å². The van der Waals surface area contributed by atoms with Crippen molar-refractivity contribution in [1.29, 1.82) is 0 Å². The highest BCUT2D eigenvalue weighted by molar-refractivity contribution is 4.89. The minimum Gasteiger partial charge on any atom is -0.314 e. The molecular weight excluding hydrogens is 265 g/mol. The average Bonchev–Trinajstić information content (AvgIpc) is 2.29. The Morgan fingerprint density at radius 2 is 1.95 bits per heavy atom. The zero-order chi connectivity index (χ0) is 15.4. The molecular formula is C15H29F3N2. The quantitative estimate of drug-likeness (QED) is 0.804. The fourth-order valence-corrected chi connectivity index (χ4v) is 3.27. The molecule has 0 amide bonds. The van der Waals surface area contributed by atoms with E-state index in [2.05, 4.69) is 26.1 Å². The number of rotatable bonds is 6. The lowest BCUT2D eigenvalue weighted by molar-refractivity contribution is -0.137. The van der Waals surface area contributed by atoms with Crippen LogP contribution in [0.1, 0.15) is 46.5 Å². The van der Waals surface area contributed by atoms with Crippen molar-refractivity contribution in [2.45, 2.75) is 58.7 Å². The van der Waals surface area contributed by atoms with Gasteiger partial charge in [-0.05, 0) is 44.2 Å². The molecule has 2 nitrogen and oxygen atoms in total. The minimum absolute atomic E-state index is 0.0965. The molecule has 0 aromatic heterocycles. The second-order valence-electron chi connectivity index (χ2n) is 6.96. The average molecular weight is 294 g/mol. The van der Waals surface area contributed by atoms with Gasteiger partial charge in [0.15, 0.2) is 0 Å². The van der Waals surface area contributed by atoms with Gasteiger partial charge in [-0.15, -0.1) is 0 Å². The summed E-state index contributed by atoms with van der Waals surface area (Å²) in [6, 6.07) is 0.446. The summed E-state index contributed by atoms with van der Waals surface area (Å²) in [5.74, 6) is 0.442. The van der Waals surface area contributed by atoms with E-state index >= 15 is 0 Å². The van der Waals surface area contributed by atoms with Crippen molar-refractivity contribution < 1.29 is 13.2 Å². The maximum Gasteiger partial charge on any atom is 0.390 e. The molecule has 0 saturated heterocycles. The standard InChI is InChI=1S/C15H29F3N2/c1-5-19-13-6-7-14(2,3)10-12(13)11-20(4)9-8-15(16,17)18/h12-13,19H,5-11H2,1-4H3. The number of hydrogen-bond donors (Lipinski definition) is 1. The molecule has 2 atom stereocenters. The zero-order valence-corrected chi connectivity index (χ0v) is 13.2. The molecule has 0 radical (unpaired) electrons. The Balaban J connectivity index is 2.51. The largest absolute Gasteiger partial charge is 0.390 e. The third kappa shape index (κ3) is 6.44. The Kier molecular flexibility index (Phi) is 6.32. The number of hydrogen-bond acceptors (Lipinski definition) is 2. The Morgan fingerprint density at radius 3 is 2.50 bits per heavy atom. The maximum absolute atomic E-state index is 12.3. The SMILES string of the molecule is CCNC1CCC(C)(C)CC1CN(C)CCC(F)(F)F. The van der Waals surface area contributed by atoms with E-state index < -0.39 is 12.6 Å². The molecule has 0 aromatic rings. The summed E-state index contributed by atoms with van der Waals surface area (Å²) in [7, 11) is 1.80. The van der Waals surface area contributed by atoms with Crippen LogP contribution in [0.3, 0.4) is 0 Å². The highest BCUT2D eigenvalue weighted by Crippen LogP contribution is 2.39. The number of alkyl halides is 3. The lowest BCUT2D eigenvalue weighted by Crippen LogP contribution is -2.47. The summed E-state index contributed by atoms with van der Waals surface area (Å²) < 4.78 is 36.8. The van der Waals surface area contributed by atoms with Gasteiger partial charge in [-0.25, -0.2) is 0 Å². The van der Waals surface area contributed by atoms with E-state index in [-0.39, 0.29) is 6.54 Å². The summed E-state index contributed by atoms with van der Waals surface area (Å²) in [6.07, 6.45) is -1.38. The van der Waals surface area contributed by atoms with Crippen LogP contribution in [0.25, 0.3) is 0 Å². The highest BCUT2D eigenvalue weighted by Gasteiger charge is 2.35. The monoisotopic (exact) mass is 294 g/mol. The molecule has 0 aromatic carbocycles. The van der Waals surface area contributed by atoms with Crippen molar-refractivity contribution in [3.05, 3.63) is 0 Å². The predicted octanol–water partition coefficient (Wildman–Crippen LogP) is 3.68. The van der Waals surface area contributed by atoms with Crippen LogP contribution in [-0.2, 0) is 0 Å². The number of nitrogens with zero attached hydrogens (tertiary/aromatic N) is 1. The van der Waals surface area contributed by atoms with Gasteiger partial charge < -0.3 is 10.2 Å². The van der Waals surface area contributed by atoms with Gasteiger partial charge in [0.1, 0.15) is 0 Å². The fraction of sp³-hybridized carbons (Fsp3) is 1.00. The summed E-state index contributed by atoms with van der Waals surface area (Å²) in [5, 5.41) is 3.50. The van der Waals surface area contributed by atoms with Crippen LogP contribution in [0.15, 0.2) is 0 Å². The van der Waals surface area contributed by atoms with Crippen molar-refractivity contribution >= 4 is 0 Å². The fourth-order valence-electron chi connectivity index (χ4n) is 3.27. The van der Waals surface area contributed by atoms with Crippen molar-refractivity contribution in [3.8, 4) is 0 Å². The van der Waals surface area contributed by atoms with Crippen molar-refractivity contribution in [3.63, 3.8) is 0 Å². The van der Waals surface area contributed by atoms with Gasteiger partial charge in [0.2, 0.25) is 0 Å². The number of halogens is 3. The Bertz CT molecular complexity index is 289. The molecule has 0 bridgehead atoms. The molecule has 1 saturated carbocycles. The third-order valence-corrected chi connectivity index (χ3v) is 4.31. The zero-order valence-electron chi connectivity index (χ0n) is 13.2.